The number of hydrogen-bond acceptors (Lipinski definition) is 0. The summed E-state index contributed by atoms with van der Waals surface area (Å²) in [6, 6.07) is 7.01. The van der Waals surface area contributed by atoms with Crippen molar-refractivity contribution in [2.75, 3.05) is 41.3 Å². The van der Waals surface area contributed by atoms with Crippen LogP contribution in [0.1, 0.15) is 31.4 Å². The SMILES string of the molecule is CCc1ccc(CCC[N+](C)(C)CC)c([NH+](C)C)c1.[I-].[I-]. The fraction of sp³-hybridized carbons (Fsp3) is 0.647. The lowest BCUT2D eigenvalue weighted by molar-refractivity contribution is -0.888. The third kappa shape index (κ3) is 8.13. The summed E-state index contributed by atoms with van der Waals surface area (Å²) >= 11 is 0. The molecule has 0 aliphatic carbocycles. The number of aryl methyl sites for hydroxylation is 2. The van der Waals surface area contributed by atoms with Crippen LogP contribution in [0.3, 0.4) is 0 Å². The van der Waals surface area contributed by atoms with E-state index in [9.17, 15) is 0 Å². The lowest BCUT2D eigenvalue weighted by Crippen LogP contribution is -3.00. The Morgan fingerprint density at radius 2 is 1.67 bits per heavy atom. The maximum Gasteiger partial charge on any atom is 0.134 e. The van der Waals surface area contributed by atoms with E-state index < -0.39 is 0 Å². The van der Waals surface area contributed by atoms with Gasteiger partial charge in [-0.3, -0.25) is 0 Å². The minimum Gasteiger partial charge on any atom is -1.00 e. The molecule has 1 N–H and O–H groups in total. The van der Waals surface area contributed by atoms with Crippen LogP contribution < -0.4 is 52.9 Å². The molecule has 0 bridgehead atoms. The standard InChI is InChI=1S/C17H31N2.2HI/c1-7-15-11-12-16(17(14-15)18(3)4)10-9-13-19(5,6)8-2;;/h11-12,14H,7-10,13H2,1-6H3;2*1H/q+1;;/p-1. The Kier molecular flexibility index (Phi) is 12.7. The van der Waals surface area contributed by atoms with Gasteiger partial charge in [-0.1, -0.05) is 19.1 Å². The minimum absolute atomic E-state index is 0. The Bertz CT molecular complexity index is 404. The highest BCUT2D eigenvalue weighted by Gasteiger charge is 2.14. The van der Waals surface area contributed by atoms with Crippen LogP contribution in [0.2, 0.25) is 0 Å². The van der Waals surface area contributed by atoms with Crippen molar-refractivity contribution < 1.29 is 57.3 Å². The quantitative estimate of drug-likeness (QED) is 0.278. The van der Waals surface area contributed by atoms with E-state index in [2.05, 4.69) is 60.2 Å². The van der Waals surface area contributed by atoms with E-state index in [1.54, 1.807) is 0 Å². The molecule has 1 aromatic rings. The van der Waals surface area contributed by atoms with Gasteiger partial charge in [-0.2, -0.15) is 0 Å². The molecule has 0 atom stereocenters. The van der Waals surface area contributed by atoms with E-state index in [0.29, 0.717) is 0 Å². The van der Waals surface area contributed by atoms with Gasteiger partial charge in [0.2, 0.25) is 0 Å². The Morgan fingerprint density at radius 3 is 2.14 bits per heavy atom. The molecule has 0 amide bonds. The summed E-state index contributed by atoms with van der Waals surface area (Å²) in [5, 5.41) is 0. The molecule has 2 nitrogen and oxygen atoms in total. The van der Waals surface area contributed by atoms with Gasteiger partial charge in [0.05, 0.1) is 41.3 Å². The van der Waals surface area contributed by atoms with Crippen LogP contribution in [0.5, 0.6) is 0 Å². The van der Waals surface area contributed by atoms with Gasteiger partial charge >= 0.3 is 0 Å². The molecule has 21 heavy (non-hydrogen) atoms. The van der Waals surface area contributed by atoms with Crippen molar-refractivity contribution in [1.29, 1.82) is 0 Å². The van der Waals surface area contributed by atoms with Gasteiger partial charge in [0.25, 0.3) is 0 Å². The van der Waals surface area contributed by atoms with Crippen molar-refractivity contribution in [2.45, 2.75) is 33.1 Å². The molecule has 124 valence electrons. The first kappa shape index (κ1) is 23.9. The van der Waals surface area contributed by atoms with Crippen molar-refractivity contribution in [2.24, 2.45) is 0 Å². The Labute approximate surface area is 165 Å². The molecular weight excluding hydrogens is 486 g/mol. The van der Waals surface area contributed by atoms with E-state index >= 15 is 0 Å². The van der Waals surface area contributed by atoms with Crippen LogP contribution in [0.4, 0.5) is 5.69 Å². The molecule has 1 aromatic carbocycles. The van der Waals surface area contributed by atoms with Crippen molar-refractivity contribution in [3.63, 3.8) is 0 Å². The molecule has 0 unspecified atom stereocenters. The molecular formula is C17H32I2N2. The summed E-state index contributed by atoms with van der Waals surface area (Å²) in [4.78, 5) is 1.44. The van der Waals surface area contributed by atoms with Gasteiger partial charge in [0, 0.05) is 18.1 Å². The van der Waals surface area contributed by atoms with Crippen LogP contribution in [0.25, 0.3) is 0 Å². The zero-order valence-electron chi connectivity index (χ0n) is 14.5. The Balaban J connectivity index is 0. The number of hydrogen-bond donors (Lipinski definition) is 1. The highest BCUT2D eigenvalue weighted by molar-refractivity contribution is 5.43. The number of rotatable bonds is 7. The Hall–Kier alpha value is 0.600. The van der Waals surface area contributed by atoms with Crippen LogP contribution in [0, 0.1) is 0 Å². The van der Waals surface area contributed by atoms with Crippen LogP contribution in [-0.4, -0.2) is 45.8 Å². The predicted molar refractivity (Wildman–Crippen MR) is 84.1 cm³/mol. The molecule has 0 heterocycles. The number of halogens is 2. The molecule has 4 heteroatoms. The van der Waals surface area contributed by atoms with Crippen molar-refractivity contribution in [3.05, 3.63) is 29.3 Å². The van der Waals surface area contributed by atoms with Crippen LogP contribution >= 0.6 is 0 Å². The summed E-state index contributed by atoms with van der Waals surface area (Å²) in [6.45, 7) is 6.96. The molecule has 0 saturated carbocycles. The lowest BCUT2D eigenvalue weighted by Gasteiger charge is -2.28. The third-order valence-electron chi connectivity index (χ3n) is 4.19. The van der Waals surface area contributed by atoms with E-state index in [0.717, 1.165) is 10.9 Å². The highest BCUT2D eigenvalue weighted by atomic mass is 127. The van der Waals surface area contributed by atoms with Gasteiger partial charge in [-0.15, -0.1) is 0 Å². The van der Waals surface area contributed by atoms with E-state index in [4.69, 9.17) is 0 Å². The van der Waals surface area contributed by atoms with Crippen molar-refractivity contribution in [3.8, 4) is 0 Å². The van der Waals surface area contributed by atoms with Crippen molar-refractivity contribution >= 4 is 5.69 Å². The van der Waals surface area contributed by atoms with Gasteiger partial charge in [-0.05, 0) is 25.3 Å². The lowest BCUT2D eigenvalue weighted by atomic mass is 10.0. The topological polar surface area (TPSA) is 4.44 Å². The zero-order valence-corrected chi connectivity index (χ0v) is 18.8. The first-order chi connectivity index (χ1) is 8.89. The minimum atomic E-state index is 0. The molecule has 1 rings (SSSR count). The highest BCUT2D eigenvalue weighted by Crippen LogP contribution is 2.17. The summed E-state index contributed by atoms with van der Waals surface area (Å²) in [5.74, 6) is 0. The molecule has 0 spiro atoms. The number of nitrogens with one attached hydrogen (secondary N) is 1. The number of quaternary nitrogens is 2. The van der Waals surface area contributed by atoms with Crippen LogP contribution in [0.15, 0.2) is 18.2 Å². The van der Waals surface area contributed by atoms with E-state index in [-0.39, 0.29) is 48.0 Å². The Morgan fingerprint density at radius 1 is 1.05 bits per heavy atom. The normalized spacial score (nSPS) is 11.0. The monoisotopic (exact) mass is 518 g/mol. The first-order valence-corrected chi connectivity index (χ1v) is 7.64. The second-order valence-electron chi connectivity index (χ2n) is 6.42. The number of nitrogens with zero attached hydrogens (tertiary/aromatic N) is 1. The average Bonchev–Trinajstić information content (AvgIpc) is 2.38. The van der Waals surface area contributed by atoms with Gasteiger partial charge < -0.3 is 57.3 Å². The fourth-order valence-corrected chi connectivity index (χ4v) is 2.38. The molecule has 0 radical (unpaired) electrons. The van der Waals surface area contributed by atoms with Gasteiger partial charge in [0.1, 0.15) is 5.69 Å². The largest absolute Gasteiger partial charge is 1.00 e. The molecule has 0 aliphatic heterocycles. The van der Waals surface area contributed by atoms with E-state index in [1.165, 1.54) is 47.6 Å². The second kappa shape index (κ2) is 11.2. The summed E-state index contributed by atoms with van der Waals surface area (Å²) in [5.41, 5.74) is 4.44. The second-order valence-corrected chi connectivity index (χ2v) is 6.42. The maximum absolute atomic E-state index is 2.38. The summed E-state index contributed by atoms with van der Waals surface area (Å²) in [7, 11) is 9.09. The van der Waals surface area contributed by atoms with Crippen LogP contribution in [-0.2, 0) is 12.8 Å². The van der Waals surface area contributed by atoms with Gasteiger partial charge in [-0.25, -0.2) is 0 Å². The molecule has 0 fully saturated rings. The first-order valence-electron chi connectivity index (χ1n) is 7.64. The fourth-order valence-electron chi connectivity index (χ4n) is 2.38. The maximum atomic E-state index is 2.38. The summed E-state index contributed by atoms with van der Waals surface area (Å²) in [6.07, 6.45) is 3.60. The third-order valence-corrected chi connectivity index (χ3v) is 4.19. The molecule has 0 aromatic heterocycles. The number of benzene rings is 1. The smallest absolute Gasteiger partial charge is 0.134 e. The van der Waals surface area contributed by atoms with Crippen molar-refractivity contribution in [1.82, 2.24) is 0 Å². The predicted octanol–water partition coefficient (Wildman–Crippen LogP) is -3.94. The molecule has 0 saturated heterocycles. The van der Waals surface area contributed by atoms with Gasteiger partial charge in [0.15, 0.2) is 0 Å². The summed E-state index contributed by atoms with van der Waals surface area (Å²) < 4.78 is 1.12. The van der Waals surface area contributed by atoms with E-state index in [1.807, 2.05) is 0 Å². The molecule has 0 aliphatic rings. The zero-order chi connectivity index (χ0) is 14.5. The average molecular weight is 518 g/mol.